The number of hydrogen-bond donors (Lipinski definition) is 0. The van der Waals surface area contributed by atoms with Gasteiger partial charge in [0.1, 0.15) is 5.75 Å². The van der Waals surface area contributed by atoms with Gasteiger partial charge in [-0.1, -0.05) is 46.4 Å². The second kappa shape index (κ2) is 6.30. The first kappa shape index (κ1) is 15.6. The fraction of sp³-hybridized carbons (Fsp3) is 0.167. The predicted octanol–water partition coefficient (Wildman–Crippen LogP) is 6.70. The number of ether oxygens (including phenoxy) is 1. The minimum Gasteiger partial charge on any atom is -0.495 e. The van der Waals surface area contributed by atoms with E-state index >= 15 is 0 Å². The van der Waals surface area contributed by atoms with E-state index in [1.54, 1.807) is 18.2 Å². The quantitative estimate of drug-likeness (QED) is 0.542. The normalized spacial score (nSPS) is 12.5. The van der Waals surface area contributed by atoms with Crippen molar-refractivity contribution in [3.63, 3.8) is 0 Å². The van der Waals surface area contributed by atoms with Crippen molar-refractivity contribution in [3.8, 4) is 5.75 Å². The smallest absolute Gasteiger partial charge is 0.138 e. The van der Waals surface area contributed by atoms with E-state index in [2.05, 4.69) is 0 Å². The molecule has 102 valence electrons. The molecule has 0 fully saturated rings. The summed E-state index contributed by atoms with van der Waals surface area (Å²) >= 11 is 31.9. The summed E-state index contributed by atoms with van der Waals surface area (Å²) in [6, 6.07) is 5.01. The lowest BCUT2D eigenvalue weighted by Crippen LogP contribution is -1.95. The highest BCUT2D eigenvalue weighted by Crippen LogP contribution is 2.44. The number of thiophene rings is 1. The summed E-state index contributed by atoms with van der Waals surface area (Å²) in [4.78, 5) is 0. The summed E-state index contributed by atoms with van der Waals surface area (Å²) in [5.74, 6) is 0.494. The van der Waals surface area contributed by atoms with Crippen LogP contribution >= 0.6 is 69.3 Å². The first-order valence-electron chi connectivity index (χ1n) is 5.05. The molecule has 0 N–H and O–H groups in total. The van der Waals surface area contributed by atoms with E-state index in [4.69, 9.17) is 62.7 Å². The highest BCUT2D eigenvalue weighted by molar-refractivity contribution is 7.20. The number of halogens is 5. The third kappa shape index (κ3) is 3.26. The van der Waals surface area contributed by atoms with E-state index in [0.717, 1.165) is 0 Å². The van der Waals surface area contributed by atoms with Crippen LogP contribution in [0.25, 0.3) is 0 Å². The Kier molecular flexibility index (Phi) is 5.15. The monoisotopic (exact) mass is 374 g/mol. The summed E-state index contributed by atoms with van der Waals surface area (Å²) in [5.41, 5.74) is 1.37. The number of hydrogen-bond acceptors (Lipinski definition) is 2. The molecule has 1 atom stereocenters. The zero-order valence-corrected chi connectivity index (χ0v) is 14.1. The van der Waals surface area contributed by atoms with Crippen molar-refractivity contribution < 1.29 is 4.74 Å². The lowest BCUT2D eigenvalue weighted by molar-refractivity contribution is 0.415. The van der Waals surface area contributed by atoms with Gasteiger partial charge in [0.2, 0.25) is 0 Å². The predicted molar refractivity (Wildman–Crippen MR) is 85.0 cm³/mol. The van der Waals surface area contributed by atoms with Gasteiger partial charge in [-0.3, -0.25) is 0 Å². The molecule has 0 saturated carbocycles. The van der Waals surface area contributed by atoms with E-state index in [9.17, 15) is 0 Å². The van der Waals surface area contributed by atoms with Gasteiger partial charge in [-0.15, -0.1) is 22.9 Å². The largest absolute Gasteiger partial charge is 0.495 e. The average Bonchev–Trinajstić information content (AvgIpc) is 2.70. The zero-order chi connectivity index (χ0) is 14.2. The van der Waals surface area contributed by atoms with Crippen LogP contribution in [0.4, 0.5) is 0 Å². The molecule has 1 unspecified atom stereocenters. The molecule has 19 heavy (non-hydrogen) atoms. The standard InChI is InChI=1S/C12H7Cl5OS/c1-18-9-4-7(13)5(2-8(9)14)11(16)6-3-10(15)19-12(6)17/h2-4,11H,1H3. The van der Waals surface area contributed by atoms with E-state index in [1.165, 1.54) is 18.4 Å². The molecule has 0 amide bonds. The lowest BCUT2D eigenvalue weighted by Gasteiger charge is -2.13. The molecule has 1 aromatic heterocycles. The van der Waals surface area contributed by atoms with Crippen molar-refractivity contribution in [1.82, 2.24) is 0 Å². The molecule has 1 aromatic carbocycles. The van der Waals surface area contributed by atoms with Crippen molar-refractivity contribution >= 4 is 69.3 Å². The Labute approximate surface area is 139 Å². The van der Waals surface area contributed by atoms with Crippen LogP contribution in [0.2, 0.25) is 18.7 Å². The fourth-order valence-corrected chi connectivity index (χ4v) is 4.16. The summed E-state index contributed by atoms with van der Waals surface area (Å²) in [6.07, 6.45) is 0. The minimum absolute atomic E-state index is 0.435. The summed E-state index contributed by atoms with van der Waals surface area (Å²) < 4.78 is 6.20. The molecule has 1 nitrogen and oxygen atoms in total. The Morgan fingerprint density at radius 1 is 1.00 bits per heavy atom. The van der Waals surface area contributed by atoms with Gasteiger partial charge >= 0.3 is 0 Å². The van der Waals surface area contributed by atoms with Crippen molar-refractivity contribution in [3.05, 3.63) is 48.0 Å². The third-order valence-corrected chi connectivity index (χ3v) is 5.11. The van der Waals surface area contributed by atoms with Gasteiger partial charge in [-0.05, 0) is 17.7 Å². The second-order valence-corrected chi connectivity index (χ2v) is 7.19. The number of benzene rings is 1. The maximum atomic E-state index is 6.40. The van der Waals surface area contributed by atoms with Crippen molar-refractivity contribution in [2.75, 3.05) is 7.11 Å². The summed E-state index contributed by atoms with van der Waals surface area (Å²) in [5, 5.41) is 0.372. The summed E-state index contributed by atoms with van der Waals surface area (Å²) in [6.45, 7) is 0. The van der Waals surface area contributed by atoms with Gasteiger partial charge in [0, 0.05) is 16.7 Å². The van der Waals surface area contributed by atoms with Crippen LogP contribution in [-0.4, -0.2) is 7.11 Å². The van der Waals surface area contributed by atoms with Crippen LogP contribution in [0.3, 0.4) is 0 Å². The molecule has 2 aromatic rings. The van der Waals surface area contributed by atoms with E-state index in [1.807, 2.05) is 0 Å². The van der Waals surface area contributed by atoms with Crippen LogP contribution in [0.15, 0.2) is 18.2 Å². The van der Waals surface area contributed by atoms with Crippen LogP contribution in [0.1, 0.15) is 16.5 Å². The number of methoxy groups -OCH3 is 1. The van der Waals surface area contributed by atoms with Gasteiger partial charge in [0.25, 0.3) is 0 Å². The first-order valence-corrected chi connectivity index (χ1v) is 7.82. The Morgan fingerprint density at radius 3 is 2.21 bits per heavy atom. The average molecular weight is 377 g/mol. The van der Waals surface area contributed by atoms with Crippen LogP contribution in [0, 0.1) is 0 Å². The topological polar surface area (TPSA) is 9.23 Å². The molecule has 0 spiro atoms. The first-order chi connectivity index (χ1) is 8.93. The minimum atomic E-state index is -0.521. The Hall–Kier alpha value is 0.170. The Morgan fingerprint density at radius 2 is 1.68 bits per heavy atom. The molecule has 0 aliphatic carbocycles. The van der Waals surface area contributed by atoms with Gasteiger partial charge < -0.3 is 4.74 Å². The zero-order valence-electron chi connectivity index (χ0n) is 9.52. The van der Waals surface area contributed by atoms with Crippen molar-refractivity contribution in [2.45, 2.75) is 5.38 Å². The third-order valence-electron chi connectivity index (χ3n) is 2.50. The molecule has 0 saturated heterocycles. The van der Waals surface area contributed by atoms with Crippen molar-refractivity contribution in [2.24, 2.45) is 0 Å². The molecule has 1 heterocycles. The molecule has 2 rings (SSSR count). The van der Waals surface area contributed by atoms with Gasteiger partial charge in [0.05, 0.1) is 26.2 Å². The van der Waals surface area contributed by atoms with E-state index in [0.29, 0.717) is 35.6 Å². The highest BCUT2D eigenvalue weighted by Gasteiger charge is 2.21. The molecule has 0 aliphatic heterocycles. The lowest BCUT2D eigenvalue weighted by atomic mass is 10.1. The fourth-order valence-electron chi connectivity index (χ4n) is 1.59. The van der Waals surface area contributed by atoms with Crippen LogP contribution in [0.5, 0.6) is 5.75 Å². The molecular formula is C12H7Cl5OS. The number of alkyl halides is 1. The second-order valence-electron chi connectivity index (χ2n) is 3.65. The molecule has 0 radical (unpaired) electrons. The van der Waals surface area contributed by atoms with Crippen molar-refractivity contribution in [1.29, 1.82) is 0 Å². The SMILES string of the molecule is COc1cc(Cl)c(C(Cl)c2cc(Cl)sc2Cl)cc1Cl. The molecule has 7 heteroatoms. The molecule has 0 aliphatic rings. The van der Waals surface area contributed by atoms with Gasteiger partial charge in [-0.2, -0.15) is 0 Å². The number of rotatable bonds is 3. The molecule has 0 bridgehead atoms. The van der Waals surface area contributed by atoms with Gasteiger partial charge in [0.15, 0.2) is 0 Å². The Balaban J connectivity index is 2.47. The maximum Gasteiger partial charge on any atom is 0.138 e. The van der Waals surface area contributed by atoms with E-state index in [-0.39, 0.29) is 0 Å². The summed E-state index contributed by atoms with van der Waals surface area (Å²) in [7, 11) is 1.52. The maximum absolute atomic E-state index is 6.40. The van der Waals surface area contributed by atoms with E-state index < -0.39 is 5.38 Å². The highest BCUT2D eigenvalue weighted by atomic mass is 35.5. The van der Waals surface area contributed by atoms with Crippen LogP contribution in [-0.2, 0) is 0 Å². The Bertz CT molecular complexity index is 610. The molecular weight excluding hydrogens is 369 g/mol. The van der Waals surface area contributed by atoms with Crippen LogP contribution < -0.4 is 4.74 Å². The van der Waals surface area contributed by atoms with Gasteiger partial charge in [-0.25, -0.2) is 0 Å².